The van der Waals surface area contributed by atoms with Gasteiger partial charge in [0.05, 0.1) is 5.69 Å². The van der Waals surface area contributed by atoms with Crippen molar-refractivity contribution in [3.05, 3.63) is 42.5 Å². The first kappa shape index (κ1) is 15.3. The minimum atomic E-state index is -0.949. The molecule has 1 amide bonds. The number of nitrogens with one attached hydrogen (secondary N) is 1. The van der Waals surface area contributed by atoms with Crippen LogP contribution in [-0.4, -0.2) is 41.0 Å². The molecule has 6 nitrogen and oxygen atoms in total. The summed E-state index contributed by atoms with van der Waals surface area (Å²) in [7, 11) is 0. The minimum absolute atomic E-state index is 0.402. The van der Waals surface area contributed by atoms with Crippen LogP contribution in [0.4, 0.5) is 10.6 Å². The Hall–Kier alpha value is -2.63. The summed E-state index contributed by atoms with van der Waals surface area (Å²) < 4.78 is 0. The second-order valence-electron chi connectivity index (χ2n) is 5.76. The Bertz CT molecular complexity index is 637. The molecule has 0 radical (unpaired) electrons. The molecule has 1 fully saturated rings. The van der Waals surface area contributed by atoms with E-state index in [4.69, 9.17) is 5.11 Å². The molecule has 120 valence electrons. The standard InChI is InChI=1S/C17H20N4O2/c22-17(23)18-12-13-8-10-21(11-9-13)16-7-6-15(19-20-16)14-4-2-1-3-5-14/h1-7,13,18H,8-12H2,(H,22,23). The molecule has 0 aliphatic carbocycles. The van der Waals surface area contributed by atoms with E-state index in [1.54, 1.807) is 0 Å². The van der Waals surface area contributed by atoms with Gasteiger partial charge in [0.25, 0.3) is 0 Å². The highest BCUT2D eigenvalue weighted by molar-refractivity contribution is 5.64. The molecular weight excluding hydrogens is 292 g/mol. The monoisotopic (exact) mass is 312 g/mol. The highest BCUT2D eigenvalue weighted by Gasteiger charge is 2.20. The molecule has 3 rings (SSSR count). The van der Waals surface area contributed by atoms with Crippen LogP contribution in [0, 0.1) is 5.92 Å². The Morgan fingerprint density at radius 3 is 2.48 bits per heavy atom. The van der Waals surface area contributed by atoms with Crippen molar-refractivity contribution in [2.75, 3.05) is 24.5 Å². The van der Waals surface area contributed by atoms with Crippen molar-refractivity contribution in [3.63, 3.8) is 0 Å². The normalized spacial score (nSPS) is 15.4. The van der Waals surface area contributed by atoms with E-state index in [-0.39, 0.29) is 0 Å². The number of carboxylic acid groups (broad SMARTS) is 1. The average Bonchev–Trinajstić information content (AvgIpc) is 2.61. The highest BCUT2D eigenvalue weighted by Crippen LogP contribution is 2.23. The first-order chi connectivity index (χ1) is 11.2. The van der Waals surface area contributed by atoms with Crippen molar-refractivity contribution in [2.45, 2.75) is 12.8 Å². The lowest BCUT2D eigenvalue weighted by atomic mass is 9.97. The molecule has 1 aliphatic rings. The Labute approximate surface area is 135 Å². The molecule has 2 aromatic rings. The van der Waals surface area contributed by atoms with Crippen LogP contribution in [0.15, 0.2) is 42.5 Å². The van der Waals surface area contributed by atoms with E-state index in [1.807, 2.05) is 42.5 Å². The second kappa shape index (κ2) is 7.09. The lowest BCUT2D eigenvalue weighted by Crippen LogP contribution is -2.38. The fourth-order valence-corrected chi connectivity index (χ4v) is 2.85. The van der Waals surface area contributed by atoms with E-state index in [2.05, 4.69) is 20.4 Å². The average molecular weight is 312 g/mol. The number of hydrogen-bond acceptors (Lipinski definition) is 4. The SMILES string of the molecule is O=C(O)NCC1CCN(c2ccc(-c3ccccc3)nn2)CC1. The summed E-state index contributed by atoms with van der Waals surface area (Å²) in [6, 6.07) is 14.0. The van der Waals surface area contributed by atoms with Crippen LogP contribution in [-0.2, 0) is 0 Å². The van der Waals surface area contributed by atoms with E-state index in [1.165, 1.54) is 0 Å². The van der Waals surface area contributed by atoms with Crippen molar-refractivity contribution in [3.8, 4) is 11.3 Å². The number of nitrogens with zero attached hydrogens (tertiary/aromatic N) is 3. The number of rotatable bonds is 4. The lowest BCUT2D eigenvalue weighted by molar-refractivity contribution is 0.191. The highest BCUT2D eigenvalue weighted by atomic mass is 16.4. The molecule has 0 bridgehead atoms. The Morgan fingerprint density at radius 2 is 1.87 bits per heavy atom. The van der Waals surface area contributed by atoms with Gasteiger partial charge in [-0.25, -0.2) is 4.79 Å². The predicted molar refractivity (Wildman–Crippen MR) is 88.4 cm³/mol. The Morgan fingerprint density at radius 1 is 1.13 bits per heavy atom. The number of anilines is 1. The fraction of sp³-hybridized carbons (Fsp3) is 0.353. The maximum Gasteiger partial charge on any atom is 0.404 e. The van der Waals surface area contributed by atoms with Gasteiger partial charge in [-0.3, -0.25) is 0 Å². The van der Waals surface area contributed by atoms with E-state index < -0.39 is 6.09 Å². The van der Waals surface area contributed by atoms with Gasteiger partial charge in [0.1, 0.15) is 0 Å². The summed E-state index contributed by atoms with van der Waals surface area (Å²) in [5, 5.41) is 19.8. The molecule has 1 aromatic heterocycles. The smallest absolute Gasteiger partial charge is 0.404 e. The first-order valence-electron chi connectivity index (χ1n) is 7.83. The second-order valence-corrected chi connectivity index (χ2v) is 5.76. The molecule has 0 spiro atoms. The Balaban J connectivity index is 1.58. The summed E-state index contributed by atoms with van der Waals surface area (Å²) in [4.78, 5) is 12.7. The van der Waals surface area contributed by atoms with Crippen LogP contribution >= 0.6 is 0 Å². The third-order valence-electron chi connectivity index (χ3n) is 4.20. The maximum atomic E-state index is 10.5. The van der Waals surface area contributed by atoms with E-state index >= 15 is 0 Å². The van der Waals surface area contributed by atoms with Crippen molar-refractivity contribution in [1.29, 1.82) is 0 Å². The molecule has 1 aromatic carbocycles. The van der Waals surface area contributed by atoms with Gasteiger partial charge in [-0.15, -0.1) is 10.2 Å². The molecular formula is C17H20N4O2. The summed E-state index contributed by atoms with van der Waals surface area (Å²) in [5.41, 5.74) is 1.93. The third kappa shape index (κ3) is 3.97. The molecule has 0 atom stereocenters. The van der Waals surface area contributed by atoms with Crippen LogP contribution in [0.25, 0.3) is 11.3 Å². The van der Waals surface area contributed by atoms with E-state index in [0.29, 0.717) is 12.5 Å². The molecule has 1 saturated heterocycles. The first-order valence-corrected chi connectivity index (χ1v) is 7.83. The third-order valence-corrected chi connectivity index (χ3v) is 4.20. The topological polar surface area (TPSA) is 78.4 Å². The van der Waals surface area contributed by atoms with Crippen molar-refractivity contribution in [1.82, 2.24) is 15.5 Å². The molecule has 2 heterocycles. The van der Waals surface area contributed by atoms with Gasteiger partial charge < -0.3 is 15.3 Å². The molecule has 6 heteroatoms. The zero-order valence-electron chi connectivity index (χ0n) is 12.9. The zero-order valence-corrected chi connectivity index (χ0v) is 12.9. The lowest BCUT2D eigenvalue weighted by Gasteiger charge is -2.32. The van der Waals surface area contributed by atoms with Crippen molar-refractivity contribution >= 4 is 11.9 Å². The zero-order chi connectivity index (χ0) is 16.1. The van der Waals surface area contributed by atoms with Crippen LogP contribution in [0.3, 0.4) is 0 Å². The van der Waals surface area contributed by atoms with Crippen molar-refractivity contribution < 1.29 is 9.90 Å². The van der Waals surface area contributed by atoms with Crippen LogP contribution < -0.4 is 10.2 Å². The Kier molecular flexibility index (Phi) is 4.71. The fourth-order valence-electron chi connectivity index (χ4n) is 2.85. The minimum Gasteiger partial charge on any atom is -0.465 e. The molecule has 2 N–H and O–H groups in total. The summed E-state index contributed by atoms with van der Waals surface area (Å²) in [5.74, 6) is 1.29. The van der Waals surface area contributed by atoms with E-state index in [0.717, 1.165) is 43.0 Å². The molecule has 0 unspecified atom stereocenters. The number of amides is 1. The molecule has 1 aliphatic heterocycles. The largest absolute Gasteiger partial charge is 0.465 e. The van der Waals surface area contributed by atoms with Crippen molar-refractivity contribution in [2.24, 2.45) is 5.92 Å². The van der Waals surface area contributed by atoms with Crippen LogP contribution in [0.2, 0.25) is 0 Å². The quantitative estimate of drug-likeness (QED) is 0.907. The number of aromatic nitrogens is 2. The maximum absolute atomic E-state index is 10.5. The van der Waals surface area contributed by atoms with Gasteiger partial charge in [0.15, 0.2) is 5.82 Å². The summed E-state index contributed by atoms with van der Waals surface area (Å²) in [6.07, 6.45) is 0.972. The van der Waals surface area contributed by atoms with Gasteiger partial charge in [-0.05, 0) is 30.9 Å². The number of carbonyl (C=O) groups is 1. The van der Waals surface area contributed by atoms with Gasteiger partial charge in [0.2, 0.25) is 0 Å². The van der Waals surface area contributed by atoms with Gasteiger partial charge in [0, 0.05) is 25.2 Å². The van der Waals surface area contributed by atoms with Gasteiger partial charge in [-0.2, -0.15) is 0 Å². The molecule has 23 heavy (non-hydrogen) atoms. The number of hydrogen-bond donors (Lipinski definition) is 2. The predicted octanol–water partition coefficient (Wildman–Crippen LogP) is 2.63. The van der Waals surface area contributed by atoms with Crippen LogP contribution in [0.5, 0.6) is 0 Å². The number of benzene rings is 1. The molecule has 0 saturated carbocycles. The van der Waals surface area contributed by atoms with Gasteiger partial charge in [-0.1, -0.05) is 30.3 Å². The van der Waals surface area contributed by atoms with Gasteiger partial charge >= 0.3 is 6.09 Å². The summed E-state index contributed by atoms with van der Waals surface area (Å²) >= 11 is 0. The number of piperidine rings is 1. The summed E-state index contributed by atoms with van der Waals surface area (Å²) in [6.45, 7) is 2.29. The van der Waals surface area contributed by atoms with E-state index in [9.17, 15) is 4.79 Å². The van der Waals surface area contributed by atoms with Crippen LogP contribution in [0.1, 0.15) is 12.8 Å².